The van der Waals surface area contributed by atoms with Crippen molar-refractivity contribution in [3.05, 3.63) is 60.8 Å². The van der Waals surface area contributed by atoms with Crippen LogP contribution < -0.4 is 0 Å². The smallest absolute Gasteiger partial charge is 0.462 e. The number of esters is 2. The molecule has 0 aliphatic rings. The number of likely N-dealkylation sites (N-methyl/N-ethyl adjacent to an activating group) is 1. The van der Waals surface area contributed by atoms with E-state index in [1.807, 2.05) is 21.1 Å². The largest absolute Gasteiger partial charge is 0.472 e. The van der Waals surface area contributed by atoms with Gasteiger partial charge < -0.3 is 18.9 Å². The van der Waals surface area contributed by atoms with Gasteiger partial charge in [0.2, 0.25) is 0 Å². The second-order valence-electron chi connectivity index (χ2n) is 15.7. The van der Waals surface area contributed by atoms with Gasteiger partial charge in [0.15, 0.2) is 6.10 Å². The van der Waals surface area contributed by atoms with E-state index in [9.17, 15) is 19.0 Å². The Morgan fingerprint density at radius 1 is 0.554 bits per heavy atom. The van der Waals surface area contributed by atoms with Crippen LogP contribution >= 0.6 is 7.82 Å². The van der Waals surface area contributed by atoms with Gasteiger partial charge in [0.1, 0.15) is 19.8 Å². The van der Waals surface area contributed by atoms with Crippen LogP contribution in [0, 0.1) is 0 Å². The molecule has 324 valence electrons. The number of unbranched alkanes of at least 4 members (excludes halogenated alkanes) is 15. The number of nitrogens with zero attached hydrogens (tertiary/aromatic N) is 1. The Morgan fingerprint density at radius 3 is 1.43 bits per heavy atom. The molecule has 0 spiro atoms. The van der Waals surface area contributed by atoms with E-state index in [2.05, 4.69) is 74.6 Å². The molecule has 9 nitrogen and oxygen atoms in total. The average Bonchev–Trinajstić information content (AvgIpc) is 3.15. The minimum absolute atomic E-state index is 0.0221. The highest BCUT2D eigenvalue weighted by molar-refractivity contribution is 7.47. The molecule has 2 atom stereocenters. The minimum Gasteiger partial charge on any atom is -0.462 e. The highest BCUT2D eigenvalue weighted by Crippen LogP contribution is 2.43. The summed E-state index contributed by atoms with van der Waals surface area (Å²) in [6.45, 7) is 4.31. The van der Waals surface area contributed by atoms with Gasteiger partial charge in [-0.2, -0.15) is 0 Å². The van der Waals surface area contributed by atoms with Crippen molar-refractivity contribution in [1.29, 1.82) is 0 Å². The number of rotatable bonds is 39. The van der Waals surface area contributed by atoms with Gasteiger partial charge in [-0.05, 0) is 83.5 Å². The van der Waals surface area contributed by atoms with Crippen molar-refractivity contribution in [2.45, 2.75) is 174 Å². The molecule has 0 amide bonds. The van der Waals surface area contributed by atoms with Gasteiger partial charge in [0.25, 0.3) is 0 Å². The van der Waals surface area contributed by atoms with E-state index in [0.29, 0.717) is 23.9 Å². The molecule has 0 saturated carbocycles. The molecule has 0 aromatic carbocycles. The minimum atomic E-state index is -4.39. The third kappa shape index (κ3) is 41.3. The number of hydrogen-bond donors (Lipinski definition) is 1. The standard InChI is InChI=1S/C46H82NO8P/c1-6-8-10-12-14-16-18-20-22-23-25-27-29-31-33-35-37-39-46(49)55-44(43-54-56(50,51)53-41-40-47(3,4)5)42-52-45(48)38-36-34-32-30-28-26-24-21-19-17-15-13-11-9-7-2/h14-17,20-22,24-25,27,44H,6-13,18-19,23,26,28-43H2,1-5H3/p+1/b16-14+,17-15+,22-20+,24-21+,27-25+/t44-/m1/s1. The molecule has 56 heavy (non-hydrogen) atoms. The summed E-state index contributed by atoms with van der Waals surface area (Å²) in [5, 5.41) is 0. The summed E-state index contributed by atoms with van der Waals surface area (Å²) in [5.74, 6) is -0.844. The molecular formula is C46H83NO8P+. The van der Waals surface area contributed by atoms with Crippen molar-refractivity contribution in [2.75, 3.05) is 47.5 Å². The summed E-state index contributed by atoms with van der Waals surface area (Å²) >= 11 is 0. The number of carbonyl (C=O) groups excluding carboxylic acids is 2. The Kier molecular flexibility index (Phi) is 36.7. The van der Waals surface area contributed by atoms with E-state index in [1.54, 1.807) is 0 Å². The molecular weight excluding hydrogens is 725 g/mol. The summed E-state index contributed by atoms with van der Waals surface area (Å²) < 4.78 is 34.3. The van der Waals surface area contributed by atoms with Crippen LogP contribution in [0.25, 0.3) is 0 Å². The SMILES string of the molecule is CCCCC/C=C/C/C=C/C/C=C/CCCCCCC(=O)O[C@H](COC(=O)CCCCCCC/C=C/C/C=C/CCCCC)COP(=O)(O)OCC[N+](C)(C)C. The fourth-order valence-electron chi connectivity index (χ4n) is 5.52. The number of hydrogen-bond acceptors (Lipinski definition) is 7. The van der Waals surface area contributed by atoms with Gasteiger partial charge in [0, 0.05) is 12.8 Å². The molecule has 0 aliphatic carbocycles. The first-order valence-corrected chi connectivity index (χ1v) is 23.5. The highest BCUT2D eigenvalue weighted by Gasteiger charge is 2.27. The number of phosphoric acid groups is 1. The summed E-state index contributed by atoms with van der Waals surface area (Å²) in [6, 6.07) is 0. The zero-order valence-corrected chi connectivity index (χ0v) is 37.2. The monoisotopic (exact) mass is 809 g/mol. The molecule has 1 unspecified atom stereocenters. The van der Waals surface area contributed by atoms with Gasteiger partial charge in [-0.3, -0.25) is 18.6 Å². The van der Waals surface area contributed by atoms with E-state index in [1.165, 1.54) is 51.4 Å². The van der Waals surface area contributed by atoms with E-state index >= 15 is 0 Å². The van der Waals surface area contributed by atoms with Crippen LogP contribution in [-0.2, 0) is 32.7 Å². The van der Waals surface area contributed by atoms with Crippen LogP contribution in [0.3, 0.4) is 0 Å². The van der Waals surface area contributed by atoms with Gasteiger partial charge in [-0.25, -0.2) is 4.57 Å². The summed E-state index contributed by atoms with van der Waals surface area (Å²) in [5.41, 5.74) is 0. The lowest BCUT2D eigenvalue weighted by molar-refractivity contribution is -0.870. The summed E-state index contributed by atoms with van der Waals surface area (Å²) in [6.07, 6.45) is 45.5. The van der Waals surface area contributed by atoms with E-state index < -0.39 is 32.5 Å². The first-order valence-electron chi connectivity index (χ1n) is 22.0. The molecule has 0 aromatic rings. The number of phosphoric ester groups is 1. The second kappa shape index (κ2) is 38.2. The van der Waals surface area contributed by atoms with Gasteiger partial charge in [-0.15, -0.1) is 0 Å². The lowest BCUT2D eigenvalue weighted by atomic mass is 10.1. The quantitative estimate of drug-likeness (QED) is 0.0215. The van der Waals surface area contributed by atoms with Crippen molar-refractivity contribution >= 4 is 19.8 Å². The number of allylic oxidation sites excluding steroid dienone is 10. The molecule has 0 aliphatic heterocycles. The average molecular weight is 809 g/mol. The molecule has 0 aromatic heterocycles. The van der Waals surface area contributed by atoms with Crippen LogP contribution in [0.15, 0.2) is 60.8 Å². The molecule has 0 rings (SSSR count). The third-order valence-corrected chi connectivity index (χ3v) is 10.0. The lowest BCUT2D eigenvalue weighted by Gasteiger charge is -2.24. The topological polar surface area (TPSA) is 108 Å². The first-order chi connectivity index (χ1) is 27.0. The Hall–Kier alpha value is -2.29. The molecule has 1 N–H and O–H groups in total. The maximum atomic E-state index is 12.7. The van der Waals surface area contributed by atoms with Gasteiger partial charge in [0.05, 0.1) is 27.7 Å². The maximum absolute atomic E-state index is 12.7. The summed E-state index contributed by atoms with van der Waals surface area (Å²) in [7, 11) is 1.44. The molecule has 0 fully saturated rings. The first kappa shape index (κ1) is 53.7. The predicted octanol–water partition coefficient (Wildman–Crippen LogP) is 12.5. The van der Waals surface area contributed by atoms with Crippen LogP contribution in [0.1, 0.15) is 168 Å². The van der Waals surface area contributed by atoms with Crippen molar-refractivity contribution in [2.24, 2.45) is 0 Å². The normalized spacial score (nSPS) is 14.2. The Labute approximate surface area is 343 Å². The molecule has 0 radical (unpaired) electrons. The molecule has 0 saturated heterocycles. The maximum Gasteiger partial charge on any atom is 0.472 e. The van der Waals surface area contributed by atoms with Crippen LogP contribution in [-0.4, -0.2) is 74.9 Å². The Balaban J connectivity index is 4.45. The second-order valence-corrected chi connectivity index (χ2v) is 17.2. The molecule has 0 bridgehead atoms. The third-order valence-electron chi connectivity index (χ3n) is 9.02. The highest BCUT2D eigenvalue weighted by atomic mass is 31.2. The molecule has 0 heterocycles. The van der Waals surface area contributed by atoms with Crippen molar-refractivity contribution in [3.8, 4) is 0 Å². The number of ether oxygens (including phenoxy) is 2. The Bertz CT molecular complexity index is 1140. The van der Waals surface area contributed by atoms with E-state index in [0.717, 1.165) is 77.0 Å². The summed E-state index contributed by atoms with van der Waals surface area (Å²) in [4.78, 5) is 35.4. The Morgan fingerprint density at radius 2 is 0.964 bits per heavy atom. The van der Waals surface area contributed by atoms with E-state index in [4.69, 9.17) is 18.5 Å². The van der Waals surface area contributed by atoms with Crippen molar-refractivity contribution in [3.63, 3.8) is 0 Å². The zero-order valence-electron chi connectivity index (χ0n) is 36.3. The predicted molar refractivity (Wildman–Crippen MR) is 233 cm³/mol. The van der Waals surface area contributed by atoms with Crippen LogP contribution in [0.4, 0.5) is 0 Å². The fourth-order valence-corrected chi connectivity index (χ4v) is 6.26. The van der Waals surface area contributed by atoms with Gasteiger partial charge in [-0.1, -0.05) is 132 Å². The number of quaternary nitrogens is 1. The van der Waals surface area contributed by atoms with E-state index in [-0.39, 0.29) is 26.1 Å². The molecule has 10 heteroatoms. The van der Waals surface area contributed by atoms with Crippen LogP contribution in [0.2, 0.25) is 0 Å². The van der Waals surface area contributed by atoms with Crippen molar-refractivity contribution in [1.82, 2.24) is 0 Å². The van der Waals surface area contributed by atoms with Gasteiger partial charge >= 0.3 is 19.8 Å². The number of carbonyl (C=O) groups is 2. The fraction of sp³-hybridized carbons (Fsp3) is 0.739. The zero-order chi connectivity index (χ0) is 41.4. The van der Waals surface area contributed by atoms with Crippen LogP contribution in [0.5, 0.6) is 0 Å². The van der Waals surface area contributed by atoms with Crippen molar-refractivity contribution < 1.29 is 42.1 Å². The lowest BCUT2D eigenvalue weighted by Crippen LogP contribution is -2.37.